The molecule has 2 nitrogen and oxygen atoms in total. The Balaban J connectivity index is 1.43. The first-order valence-corrected chi connectivity index (χ1v) is 9.94. The number of ether oxygens (including phenoxy) is 1. The number of carbonyl (C=O) groups is 1. The Bertz CT molecular complexity index is 640. The van der Waals surface area contributed by atoms with Crippen molar-refractivity contribution < 1.29 is 9.53 Å². The standard InChI is InChI=1S/C20H23BrO2/c21-15-5-1-13(2-6-15)19(22)23-20-10-9-14(11-20)16-7-3-12-4-8-17(20)18(12)16/h1-2,5-6,12,14,16-18H,3-4,7-11H2/t12-,14+,16+,17+,18-,20+/m1/s1. The number of rotatable bonds is 2. The minimum absolute atomic E-state index is 0.113. The molecule has 0 aliphatic heterocycles. The van der Waals surface area contributed by atoms with Gasteiger partial charge >= 0.3 is 5.97 Å². The van der Waals surface area contributed by atoms with Crippen LogP contribution in [0, 0.1) is 29.6 Å². The summed E-state index contributed by atoms with van der Waals surface area (Å²) in [5.74, 6) is 4.06. The molecule has 0 aromatic heterocycles. The lowest BCUT2D eigenvalue weighted by atomic mass is 9.66. The highest BCUT2D eigenvalue weighted by Gasteiger charge is 2.63. The van der Waals surface area contributed by atoms with Gasteiger partial charge < -0.3 is 4.74 Å². The summed E-state index contributed by atoms with van der Waals surface area (Å²) in [6, 6.07) is 7.58. The largest absolute Gasteiger partial charge is 0.455 e. The number of hydrogen-bond acceptors (Lipinski definition) is 2. The first kappa shape index (κ1) is 14.5. The van der Waals surface area contributed by atoms with Crippen molar-refractivity contribution in [2.75, 3.05) is 0 Å². The quantitative estimate of drug-likeness (QED) is 0.664. The average Bonchev–Trinajstić information content (AvgIpc) is 3.22. The molecule has 0 unspecified atom stereocenters. The smallest absolute Gasteiger partial charge is 0.338 e. The summed E-state index contributed by atoms with van der Waals surface area (Å²) < 4.78 is 7.28. The number of hydrogen-bond donors (Lipinski definition) is 0. The van der Waals surface area contributed by atoms with Crippen LogP contribution in [0.5, 0.6) is 0 Å². The van der Waals surface area contributed by atoms with Gasteiger partial charge in [0.15, 0.2) is 0 Å². The molecular formula is C20H23BrO2. The zero-order valence-corrected chi connectivity index (χ0v) is 14.9. The Morgan fingerprint density at radius 1 is 1.04 bits per heavy atom. The van der Waals surface area contributed by atoms with Gasteiger partial charge in [0.05, 0.1) is 5.56 Å². The van der Waals surface area contributed by atoms with Crippen molar-refractivity contribution >= 4 is 21.9 Å². The lowest BCUT2D eigenvalue weighted by Crippen LogP contribution is -2.47. The Kier molecular flexibility index (Phi) is 3.21. The molecule has 4 saturated carbocycles. The summed E-state index contributed by atoms with van der Waals surface area (Å²) >= 11 is 3.43. The van der Waals surface area contributed by atoms with Gasteiger partial charge in [-0.3, -0.25) is 0 Å². The fourth-order valence-corrected chi connectivity index (χ4v) is 6.90. The molecule has 4 fully saturated rings. The number of benzene rings is 1. The topological polar surface area (TPSA) is 26.3 Å². The van der Waals surface area contributed by atoms with Crippen molar-refractivity contribution in [1.82, 2.24) is 0 Å². The molecule has 4 aliphatic carbocycles. The predicted octanol–water partition coefficient (Wildman–Crippen LogP) is 5.21. The average molecular weight is 375 g/mol. The van der Waals surface area contributed by atoms with E-state index in [9.17, 15) is 4.79 Å². The van der Waals surface area contributed by atoms with Gasteiger partial charge in [0.1, 0.15) is 5.60 Å². The molecule has 5 rings (SSSR count). The lowest BCUT2D eigenvalue weighted by Gasteiger charge is -2.45. The Morgan fingerprint density at radius 2 is 1.83 bits per heavy atom. The van der Waals surface area contributed by atoms with Crippen LogP contribution >= 0.6 is 15.9 Å². The molecule has 0 amide bonds. The van der Waals surface area contributed by atoms with Crippen LogP contribution in [0.3, 0.4) is 0 Å². The van der Waals surface area contributed by atoms with Gasteiger partial charge in [-0.15, -0.1) is 0 Å². The van der Waals surface area contributed by atoms with Gasteiger partial charge in [-0.2, -0.15) is 0 Å². The Hall–Kier alpha value is -0.830. The molecule has 0 radical (unpaired) electrons. The van der Waals surface area contributed by atoms with Crippen molar-refractivity contribution in [2.45, 2.75) is 50.5 Å². The van der Waals surface area contributed by atoms with Crippen LogP contribution in [0.15, 0.2) is 28.7 Å². The van der Waals surface area contributed by atoms with Gasteiger partial charge in [0, 0.05) is 10.4 Å². The normalized spacial score (nSPS) is 43.4. The predicted molar refractivity (Wildman–Crippen MR) is 92.1 cm³/mol. The molecule has 0 heterocycles. The maximum atomic E-state index is 12.7. The van der Waals surface area contributed by atoms with Crippen LogP contribution in [0.1, 0.15) is 55.3 Å². The molecule has 122 valence electrons. The third kappa shape index (κ3) is 2.08. The molecule has 0 saturated heterocycles. The second-order valence-electron chi connectivity index (χ2n) is 8.23. The molecule has 23 heavy (non-hydrogen) atoms. The van der Waals surface area contributed by atoms with E-state index in [0.29, 0.717) is 11.5 Å². The fraction of sp³-hybridized carbons (Fsp3) is 0.650. The van der Waals surface area contributed by atoms with Crippen molar-refractivity contribution in [2.24, 2.45) is 29.6 Å². The van der Waals surface area contributed by atoms with E-state index in [-0.39, 0.29) is 11.6 Å². The van der Waals surface area contributed by atoms with Crippen LogP contribution in [0.4, 0.5) is 0 Å². The number of esters is 1. The van der Waals surface area contributed by atoms with Crippen LogP contribution in [0.2, 0.25) is 0 Å². The summed E-state index contributed by atoms with van der Waals surface area (Å²) in [5, 5.41) is 0. The first-order valence-electron chi connectivity index (χ1n) is 9.15. The number of carbonyl (C=O) groups excluding carboxylic acids is 1. The van der Waals surface area contributed by atoms with E-state index in [2.05, 4.69) is 15.9 Å². The maximum Gasteiger partial charge on any atom is 0.338 e. The first-order chi connectivity index (χ1) is 11.2. The molecule has 6 atom stereocenters. The monoisotopic (exact) mass is 374 g/mol. The summed E-state index contributed by atoms with van der Waals surface area (Å²) in [6.45, 7) is 0. The number of fused-ring (bicyclic) bond motifs is 4. The van der Waals surface area contributed by atoms with Crippen molar-refractivity contribution in [3.05, 3.63) is 34.3 Å². The zero-order chi connectivity index (χ0) is 15.6. The molecule has 2 bridgehead atoms. The van der Waals surface area contributed by atoms with Gasteiger partial charge in [0.25, 0.3) is 0 Å². The highest BCUT2D eigenvalue weighted by atomic mass is 79.9. The van der Waals surface area contributed by atoms with Gasteiger partial charge in [-0.1, -0.05) is 15.9 Å². The molecule has 0 spiro atoms. The zero-order valence-electron chi connectivity index (χ0n) is 13.3. The van der Waals surface area contributed by atoms with E-state index in [4.69, 9.17) is 4.74 Å². The van der Waals surface area contributed by atoms with Crippen LogP contribution < -0.4 is 0 Å². The highest BCUT2D eigenvalue weighted by Crippen LogP contribution is 2.66. The lowest BCUT2D eigenvalue weighted by molar-refractivity contribution is -0.0856. The minimum Gasteiger partial charge on any atom is -0.455 e. The Labute approximate surface area is 146 Å². The molecule has 3 heteroatoms. The minimum atomic E-state index is -0.144. The maximum absolute atomic E-state index is 12.7. The van der Waals surface area contributed by atoms with Gasteiger partial charge in [-0.25, -0.2) is 4.79 Å². The highest BCUT2D eigenvalue weighted by molar-refractivity contribution is 9.10. The summed E-state index contributed by atoms with van der Waals surface area (Å²) in [7, 11) is 0. The second kappa shape index (κ2) is 5.08. The van der Waals surface area contributed by atoms with Crippen molar-refractivity contribution in [3.8, 4) is 0 Å². The third-order valence-electron chi connectivity index (χ3n) is 7.43. The summed E-state index contributed by atoms with van der Waals surface area (Å²) in [5.41, 5.74) is 0.545. The molecule has 1 aromatic rings. The SMILES string of the molecule is O=C(O[C@@]12CC[C@@H](C1)[C@@H]1CC[C@@H]3CC[C@H]2[C@H]31)c1ccc(Br)cc1. The Morgan fingerprint density at radius 3 is 2.65 bits per heavy atom. The van der Waals surface area contributed by atoms with Crippen molar-refractivity contribution in [1.29, 1.82) is 0 Å². The van der Waals surface area contributed by atoms with Crippen LogP contribution in [0.25, 0.3) is 0 Å². The second-order valence-corrected chi connectivity index (χ2v) is 9.14. The van der Waals surface area contributed by atoms with E-state index >= 15 is 0 Å². The molecule has 4 aliphatic rings. The van der Waals surface area contributed by atoms with Crippen LogP contribution in [-0.4, -0.2) is 11.6 Å². The van der Waals surface area contributed by atoms with Gasteiger partial charge in [0.2, 0.25) is 0 Å². The molecule has 1 aromatic carbocycles. The van der Waals surface area contributed by atoms with E-state index in [0.717, 1.165) is 41.0 Å². The van der Waals surface area contributed by atoms with Crippen LogP contribution in [-0.2, 0) is 4.74 Å². The van der Waals surface area contributed by atoms with Gasteiger partial charge in [-0.05, 0) is 92.9 Å². The number of halogens is 1. The fourth-order valence-electron chi connectivity index (χ4n) is 6.63. The summed E-state index contributed by atoms with van der Waals surface area (Å²) in [4.78, 5) is 12.7. The van der Waals surface area contributed by atoms with E-state index in [1.807, 2.05) is 24.3 Å². The van der Waals surface area contributed by atoms with Crippen molar-refractivity contribution in [3.63, 3.8) is 0 Å². The van der Waals surface area contributed by atoms with E-state index in [1.165, 1.54) is 32.1 Å². The molecular weight excluding hydrogens is 352 g/mol. The molecule has 0 N–H and O–H groups in total. The van der Waals surface area contributed by atoms with E-state index in [1.54, 1.807) is 0 Å². The summed E-state index contributed by atoms with van der Waals surface area (Å²) in [6.07, 6.45) is 9.03. The van der Waals surface area contributed by atoms with E-state index < -0.39 is 0 Å². The third-order valence-corrected chi connectivity index (χ3v) is 7.95.